The van der Waals surface area contributed by atoms with Gasteiger partial charge in [-0.05, 0) is 63.8 Å². The van der Waals surface area contributed by atoms with Crippen molar-refractivity contribution >= 4 is 11.6 Å². The number of carbonyl (C=O) groups is 1. The molecule has 4 nitrogen and oxygen atoms in total. The fourth-order valence-electron chi connectivity index (χ4n) is 3.42. The normalized spacial score (nSPS) is 19.0. The fraction of sp³-hybridized carbons (Fsp3) is 0.632. The number of rotatable bonds is 6. The minimum Gasteiger partial charge on any atom is -0.372 e. The van der Waals surface area contributed by atoms with E-state index in [0.717, 1.165) is 50.6 Å². The lowest BCUT2D eigenvalue weighted by atomic mass is 10.0. The highest BCUT2D eigenvalue weighted by molar-refractivity contribution is 5.94. The van der Waals surface area contributed by atoms with Crippen LogP contribution in [0.3, 0.4) is 0 Å². The SMILES string of the molecule is CCN(CC)c1ccc(C(=O)N2CCC(NC3CC3)CC2)cc1. The van der Waals surface area contributed by atoms with Gasteiger partial charge in [0.25, 0.3) is 5.91 Å². The number of piperidine rings is 1. The van der Waals surface area contributed by atoms with Gasteiger partial charge in [0.15, 0.2) is 0 Å². The van der Waals surface area contributed by atoms with Crippen LogP contribution in [0.1, 0.15) is 49.9 Å². The molecule has 23 heavy (non-hydrogen) atoms. The second-order valence-corrected chi connectivity index (χ2v) is 6.73. The molecule has 1 heterocycles. The third kappa shape index (κ3) is 4.05. The summed E-state index contributed by atoms with van der Waals surface area (Å²) in [6.45, 7) is 8.05. The second-order valence-electron chi connectivity index (χ2n) is 6.73. The molecule has 1 aliphatic carbocycles. The fourth-order valence-corrected chi connectivity index (χ4v) is 3.42. The van der Waals surface area contributed by atoms with E-state index < -0.39 is 0 Å². The first kappa shape index (κ1) is 16.3. The number of anilines is 1. The molecule has 1 aliphatic heterocycles. The Balaban J connectivity index is 1.55. The van der Waals surface area contributed by atoms with Gasteiger partial charge in [-0.3, -0.25) is 4.79 Å². The lowest BCUT2D eigenvalue weighted by Crippen LogP contribution is -2.45. The molecule has 2 fully saturated rings. The first-order valence-corrected chi connectivity index (χ1v) is 9.11. The number of hydrogen-bond donors (Lipinski definition) is 1. The first-order valence-electron chi connectivity index (χ1n) is 9.11. The molecular weight excluding hydrogens is 286 g/mol. The third-order valence-corrected chi connectivity index (χ3v) is 5.07. The second kappa shape index (κ2) is 7.35. The molecule has 0 unspecified atom stereocenters. The van der Waals surface area contributed by atoms with Gasteiger partial charge in [0.2, 0.25) is 0 Å². The number of likely N-dealkylation sites (tertiary alicyclic amines) is 1. The van der Waals surface area contributed by atoms with Gasteiger partial charge in [0, 0.05) is 49.5 Å². The molecule has 1 saturated carbocycles. The number of hydrogen-bond acceptors (Lipinski definition) is 3. The molecule has 1 amide bonds. The molecule has 3 rings (SSSR count). The maximum absolute atomic E-state index is 12.7. The maximum atomic E-state index is 12.7. The van der Waals surface area contributed by atoms with Crippen molar-refractivity contribution in [3.05, 3.63) is 29.8 Å². The Morgan fingerprint density at radius 2 is 1.61 bits per heavy atom. The van der Waals surface area contributed by atoms with E-state index in [1.807, 2.05) is 17.0 Å². The van der Waals surface area contributed by atoms with E-state index in [-0.39, 0.29) is 5.91 Å². The summed E-state index contributed by atoms with van der Waals surface area (Å²) >= 11 is 0. The molecule has 1 aromatic carbocycles. The number of carbonyl (C=O) groups excluding carboxylic acids is 1. The van der Waals surface area contributed by atoms with Gasteiger partial charge in [-0.15, -0.1) is 0 Å². The molecule has 2 aliphatic rings. The summed E-state index contributed by atoms with van der Waals surface area (Å²) < 4.78 is 0. The van der Waals surface area contributed by atoms with Crippen LogP contribution in [0.5, 0.6) is 0 Å². The largest absolute Gasteiger partial charge is 0.372 e. The van der Waals surface area contributed by atoms with Gasteiger partial charge in [-0.25, -0.2) is 0 Å². The van der Waals surface area contributed by atoms with Crippen LogP contribution >= 0.6 is 0 Å². The topological polar surface area (TPSA) is 35.6 Å². The molecule has 0 spiro atoms. The zero-order chi connectivity index (χ0) is 16.2. The van der Waals surface area contributed by atoms with Crippen LogP contribution < -0.4 is 10.2 Å². The monoisotopic (exact) mass is 315 g/mol. The molecule has 0 atom stereocenters. The van der Waals surface area contributed by atoms with Gasteiger partial charge in [0.1, 0.15) is 0 Å². The van der Waals surface area contributed by atoms with Crippen LogP contribution in [-0.4, -0.2) is 49.1 Å². The Morgan fingerprint density at radius 3 is 2.13 bits per heavy atom. The van der Waals surface area contributed by atoms with Crippen LogP contribution in [0.2, 0.25) is 0 Å². The molecule has 126 valence electrons. The van der Waals surface area contributed by atoms with Crippen LogP contribution in [0.25, 0.3) is 0 Å². The molecular formula is C19H29N3O. The quantitative estimate of drug-likeness (QED) is 0.877. The molecule has 1 N–H and O–H groups in total. The van der Waals surface area contributed by atoms with E-state index in [2.05, 4.69) is 36.2 Å². The summed E-state index contributed by atoms with van der Waals surface area (Å²) in [6, 6.07) is 9.46. The van der Waals surface area contributed by atoms with E-state index in [1.165, 1.54) is 18.5 Å². The Hall–Kier alpha value is -1.55. The predicted octanol–water partition coefficient (Wildman–Crippen LogP) is 2.89. The Bertz CT molecular complexity index is 512. The number of nitrogens with zero attached hydrogens (tertiary/aromatic N) is 2. The summed E-state index contributed by atoms with van der Waals surface area (Å²) in [5.41, 5.74) is 2.01. The Labute approximate surface area is 139 Å². The minimum atomic E-state index is 0.181. The van der Waals surface area contributed by atoms with Crippen molar-refractivity contribution in [2.24, 2.45) is 0 Å². The van der Waals surface area contributed by atoms with Crippen molar-refractivity contribution in [3.8, 4) is 0 Å². The zero-order valence-corrected chi connectivity index (χ0v) is 14.4. The summed E-state index contributed by atoms with van der Waals surface area (Å²) in [5.74, 6) is 0.181. The van der Waals surface area contributed by atoms with E-state index in [4.69, 9.17) is 0 Å². The van der Waals surface area contributed by atoms with Gasteiger partial charge >= 0.3 is 0 Å². The molecule has 0 aromatic heterocycles. The summed E-state index contributed by atoms with van der Waals surface area (Å²) in [7, 11) is 0. The average molecular weight is 315 g/mol. The Morgan fingerprint density at radius 1 is 1.04 bits per heavy atom. The van der Waals surface area contributed by atoms with Gasteiger partial charge in [-0.2, -0.15) is 0 Å². The molecule has 1 saturated heterocycles. The molecule has 0 radical (unpaired) electrons. The predicted molar refractivity (Wildman–Crippen MR) is 95.1 cm³/mol. The van der Waals surface area contributed by atoms with Crippen molar-refractivity contribution in [2.75, 3.05) is 31.1 Å². The third-order valence-electron chi connectivity index (χ3n) is 5.07. The van der Waals surface area contributed by atoms with Gasteiger partial charge in [0.05, 0.1) is 0 Å². The van der Waals surface area contributed by atoms with E-state index in [9.17, 15) is 4.79 Å². The molecule has 0 bridgehead atoms. The lowest BCUT2D eigenvalue weighted by molar-refractivity contribution is 0.0705. The smallest absolute Gasteiger partial charge is 0.253 e. The standard InChI is InChI=1S/C19H29N3O/c1-3-21(4-2)18-9-5-15(6-10-18)19(23)22-13-11-17(12-14-22)20-16-7-8-16/h5-6,9-10,16-17,20H,3-4,7-8,11-14H2,1-2H3. The van der Waals surface area contributed by atoms with E-state index in [0.29, 0.717) is 6.04 Å². The lowest BCUT2D eigenvalue weighted by Gasteiger charge is -2.32. The molecule has 1 aromatic rings. The van der Waals surface area contributed by atoms with Crippen LogP contribution in [0.15, 0.2) is 24.3 Å². The summed E-state index contributed by atoms with van der Waals surface area (Å²) in [4.78, 5) is 17.0. The summed E-state index contributed by atoms with van der Waals surface area (Å²) in [5, 5.41) is 3.68. The van der Waals surface area contributed by atoms with Crippen molar-refractivity contribution in [1.29, 1.82) is 0 Å². The van der Waals surface area contributed by atoms with Gasteiger partial charge < -0.3 is 15.1 Å². The van der Waals surface area contributed by atoms with Crippen LogP contribution in [-0.2, 0) is 0 Å². The number of amides is 1. The first-order chi connectivity index (χ1) is 11.2. The highest BCUT2D eigenvalue weighted by atomic mass is 16.2. The Kier molecular flexibility index (Phi) is 5.21. The molecule has 4 heteroatoms. The van der Waals surface area contributed by atoms with Crippen molar-refractivity contribution < 1.29 is 4.79 Å². The van der Waals surface area contributed by atoms with E-state index >= 15 is 0 Å². The van der Waals surface area contributed by atoms with Crippen molar-refractivity contribution in [1.82, 2.24) is 10.2 Å². The van der Waals surface area contributed by atoms with Crippen LogP contribution in [0.4, 0.5) is 5.69 Å². The maximum Gasteiger partial charge on any atom is 0.253 e. The number of nitrogens with one attached hydrogen (secondary N) is 1. The summed E-state index contributed by atoms with van der Waals surface area (Å²) in [6.07, 6.45) is 4.83. The van der Waals surface area contributed by atoms with Crippen molar-refractivity contribution in [3.63, 3.8) is 0 Å². The zero-order valence-electron chi connectivity index (χ0n) is 14.4. The van der Waals surface area contributed by atoms with E-state index in [1.54, 1.807) is 0 Å². The minimum absolute atomic E-state index is 0.181. The van der Waals surface area contributed by atoms with Gasteiger partial charge in [-0.1, -0.05) is 0 Å². The average Bonchev–Trinajstić information content (AvgIpc) is 3.41. The van der Waals surface area contributed by atoms with Crippen LogP contribution in [0, 0.1) is 0 Å². The van der Waals surface area contributed by atoms with Crippen molar-refractivity contribution in [2.45, 2.75) is 51.6 Å². The highest BCUT2D eigenvalue weighted by Gasteiger charge is 2.28. The number of benzene rings is 1. The highest BCUT2D eigenvalue weighted by Crippen LogP contribution is 2.23.